The molecule has 0 bridgehead atoms. The zero-order valence-electron chi connectivity index (χ0n) is 12.3. The van der Waals surface area contributed by atoms with Crippen LogP contribution in [0.2, 0.25) is 0 Å². The van der Waals surface area contributed by atoms with Gasteiger partial charge in [-0.1, -0.05) is 18.1 Å². The molecule has 21 heavy (non-hydrogen) atoms. The second-order valence-electron chi connectivity index (χ2n) is 5.38. The molecule has 1 aliphatic heterocycles. The maximum absolute atomic E-state index is 5.64. The summed E-state index contributed by atoms with van der Waals surface area (Å²) in [7, 11) is 0. The quantitative estimate of drug-likeness (QED) is 0.916. The molecule has 5 nitrogen and oxygen atoms in total. The van der Waals surface area contributed by atoms with Crippen molar-refractivity contribution >= 4 is 0 Å². The molecule has 1 N–H and O–H groups in total. The molecule has 0 spiro atoms. The van der Waals surface area contributed by atoms with Crippen LogP contribution in [0.5, 0.6) is 5.75 Å². The number of ether oxygens (including phenoxy) is 1. The number of aromatic nitrogens is 2. The Balaban J connectivity index is 1.76. The predicted molar refractivity (Wildman–Crippen MR) is 80.4 cm³/mol. The third-order valence-electron chi connectivity index (χ3n) is 3.66. The van der Waals surface area contributed by atoms with E-state index >= 15 is 0 Å². The van der Waals surface area contributed by atoms with Gasteiger partial charge >= 0.3 is 0 Å². The second kappa shape index (κ2) is 6.72. The van der Waals surface area contributed by atoms with Crippen molar-refractivity contribution in [1.82, 2.24) is 15.5 Å². The van der Waals surface area contributed by atoms with Crippen molar-refractivity contribution < 1.29 is 9.26 Å². The lowest BCUT2D eigenvalue weighted by Crippen LogP contribution is -2.28. The molecule has 0 amide bonds. The van der Waals surface area contributed by atoms with Crippen LogP contribution in [0.1, 0.15) is 37.9 Å². The molecule has 1 aromatic carbocycles. The smallest absolute Gasteiger partial charge is 0.258 e. The Labute approximate surface area is 124 Å². The van der Waals surface area contributed by atoms with Crippen LogP contribution in [0, 0.1) is 0 Å². The first-order valence-corrected chi connectivity index (χ1v) is 7.64. The molecule has 1 fully saturated rings. The van der Waals surface area contributed by atoms with Gasteiger partial charge in [-0.2, -0.15) is 4.98 Å². The molecule has 1 aliphatic rings. The van der Waals surface area contributed by atoms with E-state index in [0.717, 1.165) is 49.5 Å². The molecule has 1 aromatic heterocycles. The summed E-state index contributed by atoms with van der Waals surface area (Å²) in [5.41, 5.74) is 0.908. The van der Waals surface area contributed by atoms with Crippen molar-refractivity contribution in [3.8, 4) is 17.2 Å². The van der Waals surface area contributed by atoms with Gasteiger partial charge in [-0.25, -0.2) is 0 Å². The van der Waals surface area contributed by atoms with Crippen LogP contribution >= 0.6 is 0 Å². The average Bonchev–Trinajstić information content (AvgIpc) is 3.04. The second-order valence-corrected chi connectivity index (χ2v) is 5.38. The third kappa shape index (κ3) is 3.42. The van der Waals surface area contributed by atoms with Gasteiger partial charge in [0.2, 0.25) is 0 Å². The maximum Gasteiger partial charge on any atom is 0.258 e. The molecule has 1 unspecified atom stereocenters. The van der Waals surface area contributed by atoms with E-state index < -0.39 is 0 Å². The summed E-state index contributed by atoms with van der Waals surface area (Å²) in [5.74, 6) is 2.57. The van der Waals surface area contributed by atoms with Gasteiger partial charge in [0.05, 0.1) is 6.61 Å². The molecular weight excluding hydrogens is 266 g/mol. The first kappa shape index (κ1) is 14.1. The zero-order chi connectivity index (χ0) is 14.5. The number of rotatable bonds is 5. The highest BCUT2D eigenvalue weighted by Crippen LogP contribution is 2.26. The van der Waals surface area contributed by atoms with E-state index in [9.17, 15) is 0 Å². The van der Waals surface area contributed by atoms with E-state index in [1.54, 1.807) is 0 Å². The number of benzene rings is 1. The van der Waals surface area contributed by atoms with Crippen LogP contribution in [0.25, 0.3) is 11.5 Å². The van der Waals surface area contributed by atoms with Crippen LogP contribution < -0.4 is 10.1 Å². The minimum absolute atomic E-state index is 0.357. The van der Waals surface area contributed by atoms with Crippen LogP contribution in [0.15, 0.2) is 28.8 Å². The van der Waals surface area contributed by atoms with E-state index in [0.29, 0.717) is 18.4 Å². The fourth-order valence-corrected chi connectivity index (χ4v) is 2.53. The molecule has 1 saturated heterocycles. The van der Waals surface area contributed by atoms with Crippen molar-refractivity contribution in [1.29, 1.82) is 0 Å². The maximum atomic E-state index is 5.64. The first-order chi connectivity index (χ1) is 10.4. The number of piperidine rings is 1. The highest BCUT2D eigenvalue weighted by molar-refractivity contribution is 5.55. The molecule has 0 aliphatic carbocycles. The third-order valence-corrected chi connectivity index (χ3v) is 3.66. The van der Waals surface area contributed by atoms with Gasteiger partial charge < -0.3 is 14.6 Å². The van der Waals surface area contributed by atoms with Gasteiger partial charge in [0.25, 0.3) is 5.89 Å². The van der Waals surface area contributed by atoms with Crippen LogP contribution in [-0.4, -0.2) is 29.8 Å². The molecule has 3 rings (SSSR count). The van der Waals surface area contributed by atoms with Crippen molar-refractivity contribution in [3.05, 3.63) is 30.1 Å². The fraction of sp³-hybridized carbons (Fsp3) is 0.500. The molecule has 0 radical (unpaired) electrons. The van der Waals surface area contributed by atoms with Gasteiger partial charge in [0.1, 0.15) is 5.75 Å². The van der Waals surface area contributed by atoms with Crippen LogP contribution in [0.4, 0.5) is 0 Å². The largest absolute Gasteiger partial charge is 0.494 e. The average molecular weight is 287 g/mol. The number of nitrogens with zero attached hydrogens (tertiary/aromatic N) is 2. The minimum atomic E-state index is 0.357. The Hall–Kier alpha value is -1.88. The lowest BCUT2D eigenvalue weighted by atomic mass is 9.99. The molecular formula is C16H21N3O2. The molecule has 112 valence electrons. The highest BCUT2D eigenvalue weighted by atomic mass is 16.5. The number of hydrogen-bond donors (Lipinski definition) is 1. The van der Waals surface area contributed by atoms with E-state index in [1.165, 1.54) is 0 Å². The summed E-state index contributed by atoms with van der Waals surface area (Å²) >= 11 is 0. The SMILES string of the molecule is CCCOc1cccc(-c2nc(C3CCCNC3)no2)c1. The van der Waals surface area contributed by atoms with Gasteiger partial charge in [-0.15, -0.1) is 0 Å². The molecule has 2 heterocycles. The monoisotopic (exact) mass is 287 g/mol. The molecule has 5 heteroatoms. The van der Waals surface area contributed by atoms with Crippen molar-refractivity contribution in [2.75, 3.05) is 19.7 Å². The summed E-state index contributed by atoms with van der Waals surface area (Å²) < 4.78 is 11.1. The van der Waals surface area contributed by atoms with Crippen LogP contribution in [-0.2, 0) is 0 Å². The fourth-order valence-electron chi connectivity index (χ4n) is 2.53. The summed E-state index contributed by atoms with van der Waals surface area (Å²) in [6, 6.07) is 7.81. The Morgan fingerprint density at radius 3 is 3.19 bits per heavy atom. The van der Waals surface area contributed by atoms with E-state index in [1.807, 2.05) is 24.3 Å². The van der Waals surface area contributed by atoms with E-state index in [4.69, 9.17) is 9.26 Å². The summed E-state index contributed by atoms with van der Waals surface area (Å²) in [6.07, 6.45) is 3.27. The van der Waals surface area contributed by atoms with Gasteiger partial charge in [0.15, 0.2) is 5.82 Å². The topological polar surface area (TPSA) is 60.2 Å². The predicted octanol–water partition coefficient (Wildman–Crippen LogP) is 2.99. The van der Waals surface area contributed by atoms with Crippen molar-refractivity contribution in [2.24, 2.45) is 0 Å². The Kier molecular flexibility index (Phi) is 4.50. The standard InChI is InChI=1S/C16H21N3O2/c1-2-9-20-14-7-3-5-12(10-14)16-18-15(19-21-16)13-6-4-8-17-11-13/h3,5,7,10,13,17H,2,4,6,8-9,11H2,1H3. The highest BCUT2D eigenvalue weighted by Gasteiger charge is 2.21. The Bertz CT molecular complexity index is 576. The lowest BCUT2D eigenvalue weighted by molar-refractivity contribution is 0.317. The van der Waals surface area contributed by atoms with E-state index in [-0.39, 0.29) is 0 Å². The number of nitrogens with one attached hydrogen (secondary N) is 1. The van der Waals surface area contributed by atoms with Crippen molar-refractivity contribution in [2.45, 2.75) is 32.1 Å². The minimum Gasteiger partial charge on any atom is -0.494 e. The van der Waals surface area contributed by atoms with E-state index in [2.05, 4.69) is 22.4 Å². The van der Waals surface area contributed by atoms with Crippen molar-refractivity contribution in [3.63, 3.8) is 0 Å². The van der Waals surface area contributed by atoms with Gasteiger partial charge in [-0.3, -0.25) is 0 Å². The number of hydrogen-bond acceptors (Lipinski definition) is 5. The lowest BCUT2D eigenvalue weighted by Gasteiger charge is -2.19. The Morgan fingerprint density at radius 2 is 2.38 bits per heavy atom. The Morgan fingerprint density at radius 1 is 1.43 bits per heavy atom. The normalized spacial score (nSPS) is 18.6. The molecule has 0 saturated carbocycles. The summed E-state index contributed by atoms with van der Waals surface area (Å²) in [5, 5.41) is 7.51. The summed E-state index contributed by atoms with van der Waals surface area (Å²) in [4.78, 5) is 4.55. The van der Waals surface area contributed by atoms with Crippen LogP contribution in [0.3, 0.4) is 0 Å². The first-order valence-electron chi connectivity index (χ1n) is 7.64. The summed E-state index contributed by atoms with van der Waals surface area (Å²) in [6.45, 7) is 4.81. The van der Waals surface area contributed by atoms with Gasteiger partial charge in [-0.05, 0) is 44.0 Å². The molecule has 1 atom stereocenters. The van der Waals surface area contributed by atoms with Gasteiger partial charge in [0, 0.05) is 18.0 Å². The molecule has 2 aromatic rings. The zero-order valence-corrected chi connectivity index (χ0v) is 12.3.